The van der Waals surface area contributed by atoms with Crippen LogP contribution in [0.1, 0.15) is 16.7 Å². The van der Waals surface area contributed by atoms with Crippen molar-refractivity contribution in [3.63, 3.8) is 0 Å². The number of hydrogen-bond acceptors (Lipinski definition) is 3. The smallest absolute Gasteiger partial charge is 0.422 e. The third-order valence-electron chi connectivity index (χ3n) is 3.85. The number of benzene rings is 2. The average Bonchev–Trinajstić information content (AvgIpc) is 2.66. The molecule has 0 radical (unpaired) electrons. The van der Waals surface area contributed by atoms with E-state index in [1.807, 2.05) is 25.1 Å². The molecule has 0 aliphatic heterocycles. The molecule has 0 amide bonds. The molecular weight excluding hydrogens is 371 g/mol. The van der Waals surface area contributed by atoms with Gasteiger partial charge in [0.15, 0.2) is 24.1 Å². The number of rotatable bonds is 7. The minimum atomic E-state index is -4.40. The molecule has 2 N–H and O–H groups in total. The van der Waals surface area contributed by atoms with Gasteiger partial charge in [-0.05, 0) is 30.2 Å². The van der Waals surface area contributed by atoms with Gasteiger partial charge in [0, 0.05) is 20.1 Å². The zero-order valence-electron chi connectivity index (χ0n) is 16.1. The Kier molecular flexibility index (Phi) is 7.54. The molecule has 0 heterocycles. The quantitative estimate of drug-likeness (QED) is 0.553. The van der Waals surface area contributed by atoms with Crippen molar-refractivity contribution in [1.29, 1.82) is 0 Å². The van der Waals surface area contributed by atoms with E-state index in [1.165, 1.54) is 18.7 Å². The number of guanidine groups is 1. The van der Waals surface area contributed by atoms with Crippen LogP contribution in [0.25, 0.3) is 0 Å². The standard InChI is InChI=1S/C20H24F3N3O2/c1-14-5-4-6-15(9-14)11-25-19(24-2)26-12-16-7-8-17(18(10-16)27-3)28-13-20(21,22)23/h4-10H,11-13H2,1-3H3,(H2,24,25,26). The maximum absolute atomic E-state index is 12.3. The molecule has 2 rings (SSSR count). The van der Waals surface area contributed by atoms with E-state index in [9.17, 15) is 13.2 Å². The molecule has 0 unspecified atom stereocenters. The molecule has 28 heavy (non-hydrogen) atoms. The summed E-state index contributed by atoms with van der Waals surface area (Å²) in [6, 6.07) is 12.9. The molecule has 2 aromatic rings. The Labute approximate surface area is 162 Å². The van der Waals surface area contributed by atoms with Crippen molar-refractivity contribution in [2.45, 2.75) is 26.2 Å². The second kappa shape index (κ2) is 9.87. The molecule has 0 spiro atoms. The highest BCUT2D eigenvalue weighted by Gasteiger charge is 2.29. The van der Waals surface area contributed by atoms with Crippen LogP contribution in [-0.2, 0) is 13.1 Å². The molecule has 0 saturated heterocycles. The molecule has 0 aromatic heterocycles. The monoisotopic (exact) mass is 395 g/mol. The van der Waals surface area contributed by atoms with Gasteiger partial charge in [-0.2, -0.15) is 13.2 Å². The third-order valence-corrected chi connectivity index (χ3v) is 3.85. The van der Waals surface area contributed by atoms with Gasteiger partial charge in [-0.1, -0.05) is 35.9 Å². The summed E-state index contributed by atoms with van der Waals surface area (Å²) in [7, 11) is 3.05. The van der Waals surface area contributed by atoms with Gasteiger partial charge in [0.2, 0.25) is 0 Å². The molecule has 0 atom stereocenters. The zero-order chi connectivity index (χ0) is 20.6. The van der Waals surface area contributed by atoms with Gasteiger partial charge < -0.3 is 20.1 Å². The van der Waals surface area contributed by atoms with E-state index in [1.54, 1.807) is 19.2 Å². The first kappa shape index (κ1) is 21.4. The van der Waals surface area contributed by atoms with Crippen LogP contribution >= 0.6 is 0 Å². The lowest BCUT2D eigenvalue weighted by Gasteiger charge is -2.15. The maximum atomic E-state index is 12.3. The van der Waals surface area contributed by atoms with Gasteiger partial charge in [-0.15, -0.1) is 0 Å². The van der Waals surface area contributed by atoms with Crippen molar-refractivity contribution in [2.24, 2.45) is 4.99 Å². The molecular formula is C20H24F3N3O2. The number of ether oxygens (including phenoxy) is 2. The third kappa shape index (κ3) is 7.02. The van der Waals surface area contributed by atoms with Crippen molar-refractivity contribution in [1.82, 2.24) is 10.6 Å². The Balaban J connectivity index is 1.92. The lowest BCUT2D eigenvalue weighted by molar-refractivity contribution is -0.153. The van der Waals surface area contributed by atoms with Gasteiger partial charge in [-0.25, -0.2) is 0 Å². The number of halogens is 3. The number of nitrogens with one attached hydrogen (secondary N) is 2. The number of methoxy groups -OCH3 is 1. The largest absolute Gasteiger partial charge is 0.493 e. The van der Waals surface area contributed by atoms with Gasteiger partial charge in [0.25, 0.3) is 0 Å². The SMILES string of the molecule is CN=C(NCc1cccc(C)c1)NCc1ccc(OCC(F)(F)F)c(OC)c1. The van der Waals surface area contributed by atoms with E-state index in [0.29, 0.717) is 19.0 Å². The minimum absolute atomic E-state index is 0.0468. The summed E-state index contributed by atoms with van der Waals surface area (Å²) in [5.74, 6) is 0.898. The van der Waals surface area contributed by atoms with E-state index >= 15 is 0 Å². The lowest BCUT2D eigenvalue weighted by Crippen LogP contribution is -2.36. The van der Waals surface area contributed by atoms with Crippen LogP contribution in [0.15, 0.2) is 47.5 Å². The van der Waals surface area contributed by atoms with Gasteiger partial charge in [0.05, 0.1) is 7.11 Å². The zero-order valence-corrected chi connectivity index (χ0v) is 16.1. The first-order chi connectivity index (χ1) is 13.3. The van der Waals surface area contributed by atoms with Crippen molar-refractivity contribution >= 4 is 5.96 Å². The molecule has 2 aromatic carbocycles. The predicted molar refractivity (Wildman–Crippen MR) is 103 cm³/mol. The Bertz CT molecular complexity index is 808. The van der Waals surface area contributed by atoms with Crippen LogP contribution in [-0.4, -0.2) is 32.9 Å². The Morgan fingerprint density at radius 1 is 1.00 bits per heavy atom. The summed E-state index contributed by atoms with van der Waals surface area (Å²) in [5.41, 5.74) is 3.13. The Morgan fingerprint density at radius 2 is 1.68 bits per heavy atom. The maximum Gasteiger partial charge on any atom is 0.422 e. The summed E-state index contributed by atoms with van der Waals surface area (Å²) in [6.45, 7) is 1.71. The van der Waals surface area contributed by atoms with E-state index in [0.717, 1.165) is 11.1 Å². The van der Waals surface area contributed by atoms with E-state index in [2.05, 4.69) is 21.7 Å². The van der Waals surface area contributed by atoms with Crippen molar-refractivity contribution in [2.75, 3.05) is 20.8 Å². The van der Waals surface area contributed by atoms with Crippen molar-refractivity contribution in [3.05, 3.63) is 59.2 Å². The van der Waals surface area contributed by atoms with E-state index in [4.69, 9.17) is 9.47 Å². The lowest BCUT2D eigenvalue weighted by atomic mass is 10.1. The number of nitrogens with zero attached hydrogens (tertiary/aromatic N) is 1. The highest BCUT2D eigenvalue weighted by molar-refractivity contribution is 5.79. The van der Waals surface area contributed by atoms with Crippen LogP contribution in [0, 0.1) is 6.92 Å². The summed E-state index contributed by atoms with van der Waals surface area (Å²) >= 11 is 0. The molecule has 5 nitrogen and oxygen atoms in total. The highest BCUT2D eigenvalue weighted by Crippen LogP contribution is 2.29. The summed E-state index contributed by atoms with van der Waals surface area (Å²) in [6.07, 6.45) is -4.40. The minimum Gasteiger partial charge on any atom is -0.493 e. The van der Waals surface area contributed by atoms with Crippen LogP contribution in [0.5, 0.6) is 11.5 Å². The Hall–Kier alpha value is -2.90. The fourth-order valence-electron chi connectivity index (χ4n) is 2.52. The second-order valence-electron chi connectivity index (χ2n) is 6.16. The van der Waals surface area contributed by atoms with E-state index < -0.39 is 12.8 Å². The van der Waals surface area contributed by atoms with Gasteiger partial charge >= 0.3 is 6.18 Å². The van der Waals surface area contributed by atoms with Crippen LogP contribution in [0.2, 0.25) is 0 Å². The highest BCUT2D eigenvalue weighted by atomic mass is 19.4. The molecule has 152 valence electrons. The molecule has 0 saturated carbocycles. The first-order valence-electron chi connectivity index (χ1n) is 8.67. The fourth-order valence-corrected chi connectivity index (χ4v) is 2.52. The predicted octanol–water partition coefficient (Wildman–Crippen LogP) is 3.81. The molecule has 0 fully saturated rings. The number of aryl methyl sites for hydroxylation is 1. The second-order valence-corrected chi connectivity index (χ2v) is 6.16. The first-order valence-corrected chi connectivity index (χ1v) is 8.67. The number of alkyl halides is 3. The summed E-state index contributed by atoms with van der Waals surface area (Å²) in [5, 5.41) is 6.38. The molecule has 0 aliphatic carbocycles. The summed E-state index contributed by atoms with van der Waals surface area (Å²) < 4.78 is 46.9. The van der Waals surface area contributed by atoms with Crippen molar-refractivity contribution in [3.8, 4) is 11.5 Å². The molecule has 0 bridgehead atoms. The number of aliphatic imine (C=N–C) groups is 1. The van der Waals surface area contributed by atoms with Crippen LogP contribution in [0.3, 0.4) is 0 Å². The topological polar surface area (TPSA) is 54.9 Å². The molecule has 0 aliphatic rings. The Morgan fingerprint density at radius 3 is 2.25 bits per heavy atom. The molecule has 8 heteroatoms. The van der Waals surface area contributed by atoms with Crippen LogP contribution < -0.4 is 20.1 Å². The van der Waals surface area contributed by atoms with Gasteiger partial charge in [-0.3, -0.25) is 4.99 Å². The van der Waals surface area contributed by atoms with E-state index in [-0.39, 0.29) is 11.5 Å². The number of hydrogen-bond donors (Lipinski definition) is 2. The average molecular weight is 395 g/mol. The fraction of sp³-hybridized carbons (Fsp3) is 0.350. The summed E-state index contributed by atoms with van der Waals surface area (Å²) in [4.78, 5) is 4.17. The van der Waals surface area contributed by atoms with Crippen LogP contribution in [0.4, 0.5) is 13.2 Å². The normalized spacial score (nSPS) is 11.9. The van der Waals surface area contributed by atoms with Gasteiger partial charge in [0.1, 0.15) is 0 Å². The van der Waals surface area contributed by atoms with Crippen molar-refractivity contribution < 1.29 is 22.6 Å².